The molecule has 2 aromatic carbocycles. The highest BCUT2D eigenvalue weighted by Crippen LogP contribution is 2.29. The third-order valence-electron chi connectivity index (χ3n) is 5.07. The van der Waals surface area contributed by atoms with Crippen LogP contribution in [-0.2, 0) is 4.79 Å². The summed E-state index contributed by atoms with van der Waals surface area (Å²) in [6.45, 7) is 7.70. The zero-order valence-electron chi connectivity index (χ0n) is 18.0. The molecule has 1 fully saturated rings. The second-order valence-electron chi connectivity index (χ2n) is 7.67. The van der Waals surface area contributed by atoms with Gasteiger partial charge in [0, 0.05) is 37.4 Å². The number of aryl methyl sites for hydroxylation is 2. The Bertz CT molecular complexity index is 904. The lowest BCUT2D eigenvalue weighted by molar-refractivity contribution is -0.118. The number of amides is 1. The van der Waals surface area contributed by atoms with E-state index < -0.39 is 0 Å². The predicted octanol–water partition coefficient (Wildman–Crippen LogP) is 3.25. The Kier molecular flexibility index (Phi) is 7.29. The summed E-state index contributed by atoms with van der Waals surface area (Å²) in [6, 6.07) is 11.5. The van der Waals surface area contributed by atoms with Gasteiger partial charge in [-0.15, -0.1) is 0 Å². The number of nitrogens with zero attached hydrogens (tertiary/aromatic N) is 2. The van der Waals surface area contributed by atoms with Crippen LogP contribution in [0, 0.1) is 13.8 Å². The van der Waals surface area contributed by atoms with Gasteiger partial charge in [-0.2, -0.15) is 0 Å². The van der Waals surface area contributed by atoms with Crippen molar-refractivity contribution < 1.29 is 14.3 Å². The van der Waals surface area contributed by atoms with Gasteiger partial charge in [0.05, 0.1) is 7.11 Å². The molecule has 0 aliphatic carbocycles. The third kappa shape index (κ3) is 5.70. The highest BCUT2D eigenvalue weighted by molar-refractivity contribution is 7.80. The number of nitrogens with one attached hydrogen (secondary N) is 1. The van der Waals surface area contributed by atoms with Crippen LogP contribution < -0.4 is 14.8 Å². The lowest BCUT2D eigenvalue weighted by Gasteiger charge is -2.34. The normalized spacial score (nSPS) is 14.3. The number of anilines is 1. The van der Waals surface area contributed by atoms with Crippen LogP contribution >= 0.6 is 12.2 Å². The van der Waals surface area contributed by atoms with Crippen LogP contribution in [0.1, 0.15) is 16.7 Å². The van der Waals surface area contributed by atoms with Crippen molar-refractivity contribution in [2.75, 3.05) is 52.3 Å². The number of likely N-dealkylation sites (N-methyl/N-ethyl adjacent to an activating group) is 1. The topological polar surface area (TPSA) is 54.0 Å². The Morgan fingerprint density at radius 1 is 1.03 bits per heavy atom. The average molecular weight is 428 g/mol. The van der Waals surface area contributed by atoms with Crippen molar-refractivity contribution in [1.82, 2.24) is 9.80 Å². The van der Waals surface area contributed by atoms with E-state index in [4.69, 9.17) is 21.7 Å². The van der Waals surface area contributed by atoms with Crippen molar-refractivity contribution in [1.29, 1.82) is 0 Å². The molecule has 1 amide bonds. The van der Waals surface area contributed by atoms with Crippen molar-refractivity contribution >= 4 is 28.8 Å². The van der Waals surface area contributed by atoms with Gasteiger partial charge in [0.1, 0.15) is 4.99 Å². The lowest BCUT2D eigenvalue weighted by Crippen LogP contribution is -2.46. The summed E-state index contributed by atoms with van der Waals surface area (Å²) in [6.07, 6.45) is 0. The zero-order chi connectivity index (χ0) is 21.7. The fourth-order valence-electron chi connectivity index (χ4n) is 3.50. The molecule has 0 bridgehead atoms. The summed E-state index contributed by atoms with van der Waals surface area (Å²) in [7, 11) is 3.70. The standard InChI is InChI=1S/C23H29N3O3S/c1-16-11-17(2)13-19(12-16)24-22(27)15-29-20-6-5-18(14-21(20)28-4)23(30)26-9-7-25(3)8-10-26/h5-6,11-14H,7-10,15H2,1-4H3,(H,24,27). The molecule has 30 heavy (non-hydrogen) atoms. The molecule has 0 atom stereocenters. The van der Waals surface area contributed by atoms with Crippen LogP contribution in [0.5, 0.6) is 11.5 Å². The van der Waals surface area contributed by atoms with E-state index in [1.54, 1.807) is 13.2 Å². The predicted molar refractivity (Wildman–Crippen MR) is 124 cm³/mol. The molecule has 1 heterocycles. The van der Waals surface area contributed by atoms with Gasteiger partial charge in [0.25, 0.3) is 5.91 Å². The monoisotopic (exact) mass is 427 g/mol. The highest BCUT2D eigenvalue weighted by atomic mass is 32.1. The number of rotatable bonds is 6. The van der Waals surface area contributed by atoms with Gasteiger partial charge in [-0.25, -0.2) is 0 Å². The number of methoxy groups -OCH3 is 1. The smallest absolute Gasteiger partial charge is 0.262 e. The van der Waals surface area contributed by atoms with Gasteiger partial charge >= 0.3 is 0 Å². The van der Waals surface area contributed by atoms with Crippen molar-refractivity contribution in [3.63, 3.8) is 0 Å². The number of benzene rings is 2. The lowest BCUT2D eigenvalue weighted by atomic mass is 10.1. The molecule has 160 valence electrons. The summed E-state index contributed by atoms with van der Waals surface area (Å²) in [5.74, 6) is 0.847. The van der Waals surface area contributed by atoms with Gasteiger partial charge in [-0.3, -0.25) is 4.79 Å². The van der Waals surface area contributed by atoms with Crippen molar-refractivity contribution in [2.45, 2.75) is 13.8 Å². The van der Waals surface area contributed by atoms with Crippen LogP contribution in [0.3, 0.4) is 0 Å². The quantitative estimate of drug-likeness (QED) is 0.715. The Hall–Kier alpha value is -2.64. The highest BCUT2D eigenvalue weighted by Gasteiger charge is 2.19. The summed E-state index contributed by atoms with van der Waals surface area (Å²) in [5, 5.41) is 2.87. The molecule has 3 rings (SSSR count). The van der Waals surface area contributed by atoms with Gasteiger partial charge in [-0.05, 0) is 62.4 Å². The Morgan fingerprint density at radius 2 is 1.70 bits per heavy atom. The maximum Gasteiger partial charge on any atom is 0.262 e. The molecule has 0 unspecified atom stereocenters. The molecule has 0 saturated carbocycles. The largest absolute Gasteiger partial charge is 0.493 e. The summed E-state index contributed by atoms with van der Waals surface area (Å²) in [4.78, 5) is 17.6. The van der Waals surface area contributed by atoms with E-state index in [0.29, 0.717) is 11.5 Å². The van der Waals surface area contributed by atoms with E-state index in [9.17, 15) is 4.79 Å². The van der Waals surface area contributed by atoms with Crippen molar-refractivity contribution in [2.24, 2.45) is 0 Å². The molecule has 1 aliphatic heterocycles. The zero-order valence-corrected chi connectivity index (χ0v) is 18.8. The molecule has 0 spiro atoms. The number of carbonyl (C=O) groups is 1. The van der Waals surface area contributed by atoms with Gasteiger partial charge < -0.3 is 24.6 Å². The minimum atomic E-state index is -0.223. The molecule has 0 aromatic heterocycles. The SMILES string of the molecule is COc1cc(C(=S)N2CCN(C)CC2)ccc1OCC(=O)Nc1cc(C)cc(C)c1. The minimum absolute atomic E-state index is 0.106. The first-order valence-electron chi connectivity index (χ1n) is 10.0. The number of hydrogen-bond donors (Lipinski definition) is 1. The van der Waals surface area contributed by atoms with Gasteiger partial charge in [0.15, 0.2) is 18.1 Å². The van der Waals surface area contributed by atoms with Crippen LogP contribution in [0.2, 0.25) is 0 Å². The molecule has 2 aromatic rings. The Morgan fingerprint density at radius 3 is 2.33 bits per heavy atom. The van der Waals surface area contributed by atoms with Gasteiger partial charge in [-0.1, -0.05) is 18.3 Å². The molecule has 1 aliphatic rings. The van der Waals surface area contributed by atoms with E-state index in [-0.39, 0.29) is 12.5 Å². The molecule has 7 heteroatoms. The van der Waals surface area contributed by atoms with E-state index in [2.05, 4.69) is 28.2 Å². The first-order chi connectivity index (χ1) is 14.4. The minimum Gasteiger partial charge on any atom is -0.493 e. The van der Waals surface area contributed by atoms with E-state index >= 15 is 0 Å². The van der Waals surface area contributed by atoms with Crippen LogP contribution in [0.4, 0.5) is 5.69 Å². The summed E-state index contributed by atoms with van der Waals surface area (Å²) in [5.41, 5.74) is 3.87. The average Bonchev–Trinajstić information content (AvgIpc) is 2.71. The summed E-state index contributed by atoms with van der Waals surface area (Å²) >= 11 is 5.68. The second-order valence-corrected chi connectivity index (χ2v) is 8.06. The number of hydrogen-bond acceptors (Lipinski definition) is 5. The fraction of sp³-hybridized carbons (Fsp3) is 0.391. The van der Waals surface area contributed by atoms with E-state index in [1.165, 1.54) is 0 Å². The third-order valence-corrected chi connectivity index (χ3v) is 5.56. The maximum atomic E-state index is 12.3. The van der Waals surface area contributed by atoms with Crippen LogP contribution in [0.15, 0.2) is 36.4 Å². The second kappa shape index (κ2) is 9.91. The molecule has 1 N–H and O–H groups in total. The Labute approximate surface area is 183 Å². The van der Waals surface area contributed by atoms with Crippen molar-refractivity contribution in [3.05, 3.63) is 53.1 Å². The first kappa shape index (κ1) is 22.1. The summed E-state index contributed by atoms with van der Waals surface area (Å²) < 4.78 is 11.2. The molecular weight excluding hydrogens is 398 g/mol. The van der Waals surface area contributed by atoms with Crippen molar-refractivity contribution in [3.8, 4) is 11.5 Å². The molecule has 1 saturated heterocycles. The van der Waals surface area contributed by atoms with E-state index in [0.717, 1.165) is 53.5 Å². The maximum absolute atomic E-state index is 12.3. The molecule has 0 radical (unpaired) electrons. The molecular formula is C23H29N3O3S. The fourth-order valence-corrected chi connectivity index (χ4v) is 3.81. The number of carbonyl (C=O) groups excluding carboxylic acids is 1. The molecule has 6 nitrogen and oxygen atoms in total. The van der Waals surface area contributed by atoms with Crippen LogP contribution in [0.25, 0.3) is 0 Å². The number of thiocarbonyl (C=S) groups is 1. The number of ether oxygens (including phenoxy) is 2. The first-order valence-corrected chi connectivity index (χ1v) is 10.4. The van der Waals surface area contributed by atoms with E-state index in [1.807, 2.05) is 38.1 Å². The Balaban J connectivity index is 1.62. The van der Waals surface area contributed by atoms with Crippen LogP contribution in [-0.4, -0.2) is 67.6 Å². The number of piperazine rings is 1. The van der Waals surface area contributed by atoms with Gasteiger partial charge in [0.2, 0.25) is 0 Å².